The van der Waals surface area contributed by atoms with Gasteiger partial charge in [0.05, 0.1) is 6.42 Å². The average molecular weight is 388 g/mol. The normalized spacial score (nSPS) is 11.0. The number of carbonyl (C=O) groups excluding carboxylic acids is 2. The molecule has 142 valence electrons. The molecule has 0 aromatic heterocycles. The lowest BCUT2D eigenvalue weighted by Gasteiger charge is -2.09. The maximum Gasteiger partial charge on any atom is 0.277 e. The van der Waals surface area contributed by atoms with E-state index in [-0.39, 0.29) is 18.9 Å². The molecule has 2 N–H and O–H groups in total. The Morgan fingerprint density at radius 2 is 1.81 bits per heavy atom. The molecule has 2 aromatic rings. The van der Waals surface area contributed by atoms with Crippen LogP contribution >= 0.6 is 11.6 Å². The SMILES string of the molecule is C/C(CC(=O)Nc1cc(Cl)ccc1C)=N\NC(=O)COc1ccccc1C. The maximum atomic E-state index is 12.1. The first-order valence-corrected chi connectivity index (χ1v) is 8.79. The zero-order chi connectivity index (χ0) is 19.8. The third kappa shape index (κ3) is 6.75. The van der Waals surface area contributed by atoms with Crippen molar-refractivity contribution in [3.63, 3.8) is 0 Å². The first-order chi connectivity index (χ1) is 12.8. The largest absolute Gasteiger partial charge is 0.483 e. The van der Waals surface area contributed by atoms with E-state index in [1.54, 1.807) is 25.1 Å². The van der Waals surface area contributed by atoms with E-state index in [0.29, 0.717) is 22.2 Å². The fourth-order valence-electron chi connectivity index (χ4n) is 2.25. The Morgan fingerprint density at radius 3 is 2.56 bits per heavy atom. The number of halogens is 1. The zero-order valence-electron chi connectivity index (χ0n) is 15.5. The van der Waals surface area contributed by atoms with E-state index in [4.69, 9.17) is 16.3 Å². The fourth-order valence-corrected chi connectivity index (χ4v) is 2.42. The van der Waals surface area contributed by atoms with Gasteiger partial charge in [0.15, 0.2) is 6.61 Å². The van der Waals surface area contributed by atoms with Gasteiger partial charge >= 0.3 is 0 Å². The van der Waals surface area contributed by atoms with Crippen LogP contribution in [0.5, 0.6) is 5.75 Å². The van der Waals surface area contributed by atoms with Crippen LogP contribution in [0.3, 0.4) is 0 Å². The summed E-state index contributed by atoms with van der Waals surface area (Å²) in [6.45, 7) is 5.28. The Morgan fingerprint density at radius 1 is 1.07 bits per heavy atom. The van der Waals surface area contributed by atoms with E-state index in [2.05, 4.69) is 15.8 Å². The van der Waals surface area contributed by atoms with Crippen molar-refractivity contribution in [2.75, 3.05) is 11.9 Å². The summed E-state index contributed by atoms with van der Waals surface area (Å²) in [4.78, 5) is 23.9. The van der Waals surface area contributed by atoms with Gasteiger partial charge in [-0.25, -0.2) is 5.43 Å². The lowest BCUT2D eigenvalue weighted by atomic mass is 10.2. The molecule has 0 aliphatic carbocycles. The topological polar surface area (TPSA) is 79.8 Å². The minimum absolute atomic E-state index is 0.0465. The van der Waals surface area contributed by atoms with Gasteiger partial charge in [-0.1, -0.05) is 35.9 Å². The van der Waals surface area contributed by atoms with Crippen molar-refractivity contribution in [3.05, 3.63) is 58.6 Å². The molecule has 27 heavy (non-hydrogen) atoms. The molecular weight excluding hydrogens is 366 g/mol. The minimum atomic E-state index is -0.399. The van der Waals surface area contributed by atoms with Gasteiger partial charge in [-0.05, 0) is 50.1 Å². The Hall–Kier alpha value is -2.86. The van der Waals surface area contributed by atoms with Crippen LogP contribution < -0.4 is 15.5 Å². The van der Waals surface area contributed by atoms with Crippen molar-refractivity contribution in [1.29, 1.82) is 0 Å². The quantitative estimate of drug-likeness (QED) is 0.559. The Kier molecular flexibility index (Phi) is 7.37. The molecule has 0 saturated heterocycles. The number of carbonyl (C=O) groups is 2. The van der Waals surface area contributed by atoms with Gasteiger partial charge in [0.25, 0.3) is 5.91 Å². The van der Waals surface area contributed by atoms with E-state index in [0.717, 1.165) is 11.1 Å². The monoisotopic (exact) mass is 387 g/mol. The molecule has 0 saturated carbocycles. The predicted molar refractivity (Wildman–Crippen MR) is 107 cm³/mol. The number of ether oxygens (including phenoxy) is 1. The Labute approximate surface area is 163 Å². The number of amides is 2. The second kappa shape index (κ2) is 9.73. The molecule has 7 heteroatoms. The molecule has 2 amide bonds. The predicted octanol–water partition coefficient (Wildman–Crippen LogP) is 3.86. The second-order valence-corrected chi connectivity index (χ2v) is 6.56. The lowest BCUT2D eigenvalue weighted by molar-refractivity contribution is -0.123. The molecule has 0 heterocycles. The molecule has 0 unspecified atom stereocenters. The maximum absolute atomic E-state index is 12.1. The Balaban J connectivity index is 1.81. The highest BCUT2D eigenvalue weighted by Gasteiger charge is 2.08. The first kappa shape index (κ1) is 20.5. The molecule has 2 rings (SSSR count). The van der Waals surface area contributed by atoms with Gasteiger partial charge in [-0.15, -0.1) is 0 Å². The molecule has 0 bridgehead atoms. The number of aryl methyl sites for hydroxylation is 2. The summed E-state index contributed by atoms with van der Waals surface area (Å²) in [6, 6.07) is 12.7. The van der Waals surface area contributed by atoms with E-state index >= 15 is 0 Å². The number of anilines is 1. The second-order valence-electron chi connectivity index (χ2n) is 6.12. The fraction of sp³-hybridized carbons (Fsp3) is 0.250. The lowest BCUT2D eigenvalue weighted by Crippen LogP contribution is -2.26. The summed E-state index contributed by atoms with van der Waals surface area (Å²) in [6.07, 6.45) is 0.0465. The van der Waals surface area contributed by atoms with Crippen molar-refractivity contribution in [1.82, 2.24) is 5.43 Å². The van der Waals surface area contributed by atoms with Gasteiger partial charge in [-0.2, -0.15) is 5.10 Å². The summed E-state index contributed by atoms with van der Waals surface area (Å²) < 4.78 is 5.44. The summed E-state index contributed by atoms with van der Waals surface area (Å²) in [5.74, 6) is 0.000318. The van der Waals surface area contributed by atoms with Gasteiger partial charge in [0.1, 0.15) is 5.75 Å². The highest BCUT2D eigenvalue weighted by atomic mass is 35.5. The van der Waals surface area contributed by atoms with Crippen LogP contribution in [0.15, 0.2) is 47.6 Å². The van der Waals surface area contributed by atoms with E-state index in [1.807, 2.05) is 38.1 Å². The summed E-state index contributed by atoms with van der Waals surface area (Å²) in [7, 11) is 0. The number of hydrogen-bond donors (Lipinski definition) is 2. The van der Waals surface area contributed by atoms with Crippen molar-refractivity contribution in [2.45, 2.75) is 27.2 Å². The van der Waals surface area contributed by atoms with Crippen molar-refractivity contribution < 1.29 is 14.3 Å². The van der Waals surface area contributed by atoms with Crippen molar-refractivity contribution >= 4 is 34.8 Å². The van der Waals surface area contributed by atoms with Crippen molar-refractivity contribution in [2.24, 2.45) is 5.10 Å². The Bertz CT molecular complexity index is 865. The molecular formula is C20H22ClN3O3. The number of nitrogens with one attached hydrogen (secondary N) is 2. The molecule has 0 aliphatic heterocycles. The van der Waals surface area contributed by atoms with Crippen LogP contribution in [0.1, 0.15) is 24.5 Å². The summed E-state index contributed by atoms with van der Waals surface area (Å²) in [5.41, 5.74) is 5.35. The highest BCUT2D eigenvalue weighted by molar-refractivity contribution is 6.31. The molecule has 0 atom stereocenters. The van der Waals surface area contributed by atoms with E-state index in [9.17, 15) is 9.59 Å². The third-order valence-corrected chi connectivity index (χ3v) is 3.95. The summed E-state index contributed by atoms with van der Waals surface area (Å²) in [5, 5.41) is 7.26. The average Bonchev–Trinajstić information content (AvgIpc) is 2.62. The van der Waals surface area contributed by atoms with Crippen LogP contribution in [-0.4, -0.2) is 24.1 Å². The molecule has 2 aromatic carbocycles. The number of benzene rings is 2. The molecule has 0 spiro atoms. The van der Waals surface area contributed by atoms with Crippen LogP contribution in [0, 0.1) is 13.8 Å². The molecule has 0 fully saturated rings. The van der Waals surface area contributed by atoms with Crippen LogP contribution in [0.2, 0.25) is 5.02 Å². The number of hydrazone groups is 1. The van der Waals surface area contributed by atoms with Gasteiger partial charge in [0.2, 0.25) is 5.91 Å². The highest BCUT2D eigenvalue weighted by Crippen LogP contribution is 2.20. The molecule has 0 aliphatic rings. The van der Waals surface area contributed by atoms with Crippen LogP contribution in [-0.2, 0) is 9.59 Å². The van der Waals surface area contributed by atoms with Crippen molar-refractivity contribution in [3.8, 4) is 5.75 Å². The first-order valence-electron chi connectivity index (χ1n) is 8.41. The van der Waals surface area contributed by atoms with Gasteiger partial charge in [0, 0.05) is 16.4 Å². The number of para-hydroxylation sites is 1. The minimum Gasteiger partial charge on any atom is -0.483 e. The standard InChI is InChI=1S/C20H22ClN3O3/c1-13-8-9-16(21)11-17(13)22-19(25)10-15(3)23-24-20(26)12-27-18-7-5-4-6-14(18)2/h4-9,11H,10,12H2,1-3H3,(H,22,25)(H,24,26)/b23-15+. The molecule has 6 nitrogen and oxygen atoms in total. The zero-order valence-corrected chi connectivity index (χ0v) is 16.3. The van der Waals surface area contributed by atoms with Crippen LogP contribution in [0.25, 0.3) is 0 Å². The number of hydrogen-bond acceptors (Lipinski definition) is 4. The summed E-state index contributed by atoms with van der Waals surface area (Å²) >= 11 is 5.94. The third-order valence-electron chi connectivity index (χ3n) is 3.71. The number of rotatable bonds is 7. The van der Waals surface area contributed by atoms with Gasteiger partial charge in [-0.3, -0.25) is 9.59 Å². The number of nitrogens with zero attached hydrogens (tertiary/aromatic N) is 1. The van der Waals surface area contributed by atoms with Crippen LogP contribution in [0.4, 0.5) is 5.69 Å². The van der Waals surface area contributed by atoms with E-state index < -0.39 is 5.91 Å². The van der Waals surface area contributed by atoms with E-state index in [1.165, 1.54) is 0 Å². The molecule has 0 radical (unpaired) electrons. The smallest absolute Gasteiger partial charge is 0.277 e. The van der Waals surface area contributed by atoms with Gasteiger partial charge < -0.3 is 10.1 Å².